The van der Waals surface area contributed by atoms with Gasteiger partial charge in [-0.1, -0.05) is 23.7 Å². The predicted molar refractivity (Wildman–Crippen MR) is 108 cm³/mol. The van der Waals surface area contributed by atoms with Gasteiger partial charge in [-0.15, -0.1) is 29.9 Å². The fourth-order valence-corrected chi connectivity index (χ4v) is 3.28. The van der Waals surface area contributed by atoms with Crippen LogP contribution < -0.4 is 5.32 Å². The van der Waals surface area contributed by atoms with Gasteiger partial charge in [0, 0.05) is 36.5 Å². The second kappa shape index (κ2) is 8.84. The van der Waals surface area contributed by atoms with E-state index < -0.39 is 0 Å². The van der Waals surface area contributed by atoms with Crippen molar-refractivity contribution in [3.8, 4) is 0 Å². The molecule has 1 N–H and O–H groups in total. The average molecular weight is 430 g/mol. The van der Waals surface area contributed by atoms with Crippen LogP contribution in [0.4, 0.5) is 0 Å². The minimum atomic E-state index is -0.198. The van der Waals surface area contributed by atoms with E-state index in [4.69, 9.17) is 11.6 Å². The summed E-state index contributed by atoms with van der Waals surface area (Å²) >= 11 is 6.12. The molecule has 3 heterocycles. The number of carbonyl (C=O) groups excluding carboxylic acids is 1. The Kier molecular flexibility index (Phi) is 7.00. The molecular weight excluding hydrogens is 411 g/mol. The molecule has 10 heteroatoms. The molecule has 7 nitrogen and oxygen atoms in total. The first-order chi connectivity index (χ1) is 12.1. The molecule has 0 radical (unpaired) electrons. The van der Waals surface area contributed by atoms with Crippen LogP contribution in [0.1, 0.15) is 27.9 Å². The highest BCUT2D eigenvalue weighted by molar-refractivity contribution is 6.30. The van der Waals surface area contributed by atoms with Crippen LogP contribution in [-0.2, 0) is 0 Å². The standard InChI is InChI=1S/C17H17ClN6O.2ClH/c1-11-5-6-20-17-21-15(22-24(11)17)16(25)23-8-7-19-10-14(23)12-3-2-4-13(18)9-12;;/h2-6,9,14,19H,7-8,10H2,1H3;2*1H. The predicted octanol–water partition coefficient (Wildman–Crippen LogP) is 2.72. The number of rotatable bonds is 2. The molecule has 0 aliphatic carbocycles. The topological polar surface area (TPSA) is 75.4 Å². The summed E-state index contributed by atoms with van der Waals surface area (Å²) in [5.41, 5.74) is 1.87. The SMILES string of the molecule is Cc1ccnc2nc(C(=O)N3CCNCC3c3cccc(Cl)c3)nn12.Cl.Cl. The van der Waals surface area contributed by atoms with E-state index in [9.17, 15) is 4.79 Å². The molecule has 1 aliphatic heterocycles. The summed E-state index contributed by atoms with van der Waals surface area (Å²) in [4.78, 5) is 23.3. The molecule has 0 saturated carbocycles. The third-order valence-electron chi connectivity index (χ3n) is 4.36. The lowest BCUT2D eigenvalue weighted by atomic mass is 10.0. The number of hydrogen-bond acceptors (Lipinski definition) is 5. The summed E-state index contributed by atoms with van der Waals surface area (Å²) in [5.74, 6) is 0.393. The molecule has 144 valence electrons. The molecule has 3 aromatic rings. The lowest BCUT2D eigenvalue weighted by Crippen LogP contribution is -2.49. The van der Waals surface area contributed by atoms with Crippen molar-refractivity contribution in [1.82, 2.24) is 29.8 Å². The minimum Gasteiger partial charge on any atom is -0.326 e. The maximum absolute atomic E-state index is 13.0. The minimum absolute atomic E-state index is 0. The van der Waals surface area contributed by atoms with E-state index in [2.05, 4.69) is 20.4 Å². The summed E-state index contributed by atoms with van der Waals surface area (Å²) in [7, 11) is 0. The highest BCUT2D eigenvalue weighted by Crippen LogP contribution is 2.25. The average Bonchev–Trinajstić information content (AvgIpc) is 3.07. The van der Waals surface area contributed by atoms with Gasteiger partial charge in [-0.2, -0.15) is 4.98 Å². The third-order valence-corrected chi connectivity index (χ3v) is 4.59. The molecule has 0 bridgehead atoms. The Balaban J connectivity index is 0.00000131. The zero-order valence-corrected chi connectivity index (χ0v) is 16.9. The van der Waals surface area contributed by atoms with Crippen molar-refractivity contribution in [2.45, 2.75) is 13.0 Å². The maximum atomic E-state index is 13.0. The van der Waals surface area contributed by atoms with E-state index in [0.29, 0.717) is 23.9 Å². The Hall–Kier alpha value is -1.93. The Labute approximate surface area is 173 Å². The van der Waals surface area contributed by atoms with Crippen LogP contribution in [0, 0.1) is 6.92 Å². The van der Waals surface area contributed by atoms with Crippen molar-refractivity contribution >= 4 is 48.1 Å². The monoisotopic (exact) mass is 428 g/mol. The van der Waals surface area contributed by atoms with Crippen LogP contribution in [0.2, 0.25) is 5.02 Å². The van der Waals surface area contributed by atoms with Gasteiger partial charge in [0.25, 0.3) is 11.7 Å². The van der Waals surface area contributed by atoms with Crippen LogP contribution in [0.3, 0.4) is 0 Å². The smallest absolute Gasteiger partial charge is 0.294 e. The van der Waals surface area contributed by atoms with Gasteiger partial charge in [0.15, 0.2) is 0 Å². The molecule has 1 aromatic carbocycles. The first-order valence-corrected chi connectivity index (χ1v) is 8.47. The molecule has 27 heavy (non-hydrogen) atoms. The van der Waals surface area contributed by atoms with Gasteiger partial charge in [0.1, 0.15) is 0 Å². The Morgan fingerprint density at radius 2 is 2.11 bits per heavy atom. The van der Waals surface area contributed by atoms with E-state index in [-0.39, 0.29) is 42.6 Å². The number of halogens is 3. The van der Waals surface area contributed by atoms with E-state index >= 15 is 0 Å². The number of fused-ring (bicyclic) bond motifs is 1. The number of carbonyl (C=O) groups is 1. The number of aryl methyl sites for hydroxylation is 1. The quantitative estimate of drug-likeness (QED) is 0.678. The van der Waals surface area contributed by atoms with E-state index in [1.165, 1.54) is 0 Å². The number of aromatic nitrogens is 4. The van der Waals surface area contributed by atoms with Crippen LogP contribution in [0.25, 0.3) is 5.78 Å². The largest absolute Gasteiger partial charge is 0.326 e. The number of nitrogens with zero attached hydrogens (tertiary/aromatic N) is 5. The first kappa shape index (κ1) is 21.4. The van der Waals surface area contributed by atoms with Crippen molar-refractivity contribution in [3.05, 3.63) is 58.6 Å². The molecule has 1 amide bonds. The van der Waals surface area contributed by atoms with Gasteiger partial charge in [0.2, 0.25) is 5.82 Å². The molecule has 2 aromatic heterocycles. The molecule has 1 fully saturated rings. The lowest BCUT2D eigenvalue weighted by Gasteiger charge is -2.35. The van der Waals surface area contributed by atoms with Crippen molar-refractivity contribution in [1.29, 1.82) is 0 Å². The number of hydrogen-bond donors (Lipinski definition) is 1. The van der Waals surface area contributed by atoms with Gasteiger partial charge in [0.05, 0.1) is 6.04 Å². The Morgan fingerprint density at radius 3 is 2.85 bits per heavy atom. The fourth-order valence-electron chi connectivity index (χ4n) is 3.08. The van der Waals surface area contributed by atoms with Gasteiger partial charge >= 0.3 is 0 Å². The molecule has 1 aliphatic rings. The van der Waals surface area contributed by atoms with Gasteiger partial charge in [-0.3, -0.25) is 4.79 Å². The van der Waals surface area contributed by atoms with Crippen molar-refractivity contribution in [2.75, 3.05) is 19.6 Å². The van der Waals surface area contributed by atoms with E-state index in [1.807, 2.05) is 37.3 Å². The normalized spacial score (nSPS) is 16.5. The van der Waals surface area contributed by atoms with E-state index in [1.54, 1.807) is 15.6 Å². The maximum Gasteiger partial charge on any atom is 0.294 e. The van der Waals surface area contributed by atoms with E-state index in [0.717, 1.165) is 17.8 Å². The summed E-state index contributed by atoms with van der Waals surface area (Å²) in [6.45, 7) is 3.87. The Morgan fingerprint density at radius 1 is 1.30 bits per heavy atom. The van der Waals surface area contributed by atoms with Gasteiger partial charge < -0.3 is 10.2 Å². The number of amides is 1. The third kappa shape index (κ3) is 4.16. The van der Waals surface area contributed by atoms with Crippen molar-refractivity contribution < 1.29 is 4.79 Å². The van der Waals surface area contributed by atoms with Crippen LogP contribution in [0.15, 0.2) is 36.5 Å². The van der Waals surface area contributed by atoms with Crippen LogP contribution in [-0.4, -0.2) is 50.0 Å². The van der Waals surface area contributed by atoms with Crippen LogP contribution in [0.5, 0.6) is 0 Å². The van der Waals surface area contributed by atoms with Gasteiger partial charge in [-0.05, 0) is 30.7 Å². The molecule has 1 atom stereocenters. The molecule has 0 spiro atoms. The highest BCUT2D eigenvalue weighted by atomic mass is 35.5. The zero-order valence-electron chi connectivity index (χ0n) is 14.5. The summed E-state index contributed by atoms with van der Waals surface area (Å²) in [6.07, 6.45) is 1.66. The van der Waals surface area contributed by atoms with Crippen LogP contribution >= 0.6 is 36.4 Å². The second-order valence-electron chi connectivity index (χ2n) is 6.01. The van der Waals surface area contributed by atoms with Crippen molar-refractivity contribution in [2.24, 2.45) is 0 Å². The lowest BCUT2D eigenvalue weighted by molar-refractivity contribution is 0.0622. The second-order valence-corrected chi connectivity index (χ2v) is 6.44. The first-order valence-electron chi connectivity index (χ1n) is 8.09. The highest BCUT2D eigenvalue weighted by Gasteiger charge is 2.31. The molecular formula is C17H19Cl3N6O. The number of benzene rings is 1. The zero-order chi connectivity index (χ0) is 17.4. The summed E-state index contributed by atoms with van der Waals surface area (Å²) < 4.78 is 1.59. The number of nitrogens with one attached hydrogen (secondary N) is 1. The molecule has 1 saturated heterocycles. The Bertz CT molecular complexity index is 947. The van der Waals surface area contributed by atoms with Crippen molar-refractivity contribution in [3.63, 3.8) is 0 Å². The van der Waals surface area contributed by atoms with Gasteiger partial charge in [-0.25, -0.2) is 9.50 Å². The molecule has 1 unspecified atom stereocenters. The fraction of sp³-hybridized carbons (Fsp3) is 0.294. The number of piperazine rings is 1. The summed E-state index contributed by atoms with van der Waals surface area (Å²) in [6, 6.07) is 9.31. The summed E-state index contributed by atoms with van der Waals surface area (Å²) in [5, 5.41) is 8.32. The molecule has 4 rings (SSSR count).